The molecule has 1 aromatic rings. The summed E-state index contributed by atoms with van der Waals surface area (Å²) in [6.45, 7) is 1.52. The molecule has 1 N–H and O–H groups in total. The lowest BCUT2D eigenvalue weighted by atomic mass is 10.2. The van der Waals surface area contributed by atoms with Crippen LogP contribution in [0.3, 0.4) is 0 Å². The van der Waals surface area contributed by atoms with Gasteiger partial charge in [-0.25, -0.2) is 13.4 Å². The number of nitrogens with zero attached hydrogens (tertiary/aromatic N) is 3. The summed E-state index contributed by atoms with van der Waals surface area (Å²) in [4.78, 5) is 6.53. The highest BCUT2D eigenvalue weighted by Crippen LogP contribution is 2.26. The fourth-order valence-corrected chi connectivity index (χ4v) is 4.44. The van der Waals surface area contributed by atoms with Crippen LogP contribution in [0.4, 0.5) is 5.82 Å². The summed E-state index contributed by atoms with van der Waals surface area (Å²) in [6, 6.07) is 1.87. The summed E-state index contributed by atoms with van der Waals surface area (Å²) in [5.41, 5.74) is 0. The van der Waals surface area contributed by atoms with E-state index < -0.39 is 10.0 Å². The van der Waals surface area contributed by atoms with Gasteiger partial charge in [-0.15, -0.1) is 0 Å². The van der Waals surface area contributed by atoms with Crippen molar-refractivity contribution in [1.29, 1.82) is 0 Å². The van der Waals surface area contributed by atoms with Gasteiger partial charge >= 0.3 is 0 Å². The number of nitrogens with one attached hydrogen (secondary N) is 1. The Balaban J connectivity index is 2.26. The Labute approximate surface area is 134 Å². The minimum atomic E-state index is -3.56. The SMILES string of the molecule is CNc1ncc(Br)cc1S(=O)(=O)N(C)CC1CCCN1C. The fourth-order valence-electron chi connectivity index (χ4n) is 2.58. The van der Waals surface area contributed by atoms with Crippen molar-refractivity contribution in [2.75, 3.05) is 39.5 Å². The molecule has 1 unspecified atom stereocenters. The van der Waals surface area contributed by atoms with Crippen LogP contribution in [0.15, 0.2) is 21.6 Å². The summed E-state index contributed by atoms with van der Waals surface area (Å²) in [5.74, 6) is 0.366. The molecular weight excluding hydrogens is 356 g/mol. The van der Waals surface area contributed by atoms with E-state index in [1.807, 2.05) is 7.05 Å². The van der Waals surface area contributed by atoms with Gasteiger partial charge in [-0.1, -0.05) is 0 Å². The number of likely N-dealkylation sites (tertiary alicyclic amines) is 1. The largest absolute Gasteiger partial charge is 0.372 e. The maximum absolute atomic E-state index is 12.8. The molecule has 1 aromatic heterocycles. The van der Waals surface area contributed by atoms with Gasteiger partial charge in [0.25, 0.3) is 0 Å². The first-order valence-corrected chi connectivity index (χ1v) is 9.09. The van der Waals surface area contributed by atoms with E-state index in [1.165, 1.54) is 4.31 Å². The highest BCUT2D eigenvalue weighted by molar-refractivity contribution is 9.10. The second-order valence-electron chi connectivity index (χ2n) is 5.31. The van der Waals surface area contributed by atoms with Gasteiger partial charge in [-0.05, 0) is 48.4 Å². The second-order valence-corrected chi connectivity index (χ2v) is 8.24. The van der Waals surface area contributed by atoms with Crippen molar-refractivity contribution in [2.24, 2.45) is 0 Å². The summed E-state index contributed by atoms with van der Waals surface area (Å²) < 4.78 is 27.6. The number of halogens is 1. The highest BCUT2D eigenvalue weighted by atomic mass is 79.9. The molecule has 0 spiro atoms. The number of hydrogen-bond donors (Lipinski definition) is 1. The first kappa shape index (κ1) is 16.7. The molecule has 6 nitrogen and oxygen atoms in total. The Morgan fingerprint density at radius 1 is 1.57 bits per heavy atom. The van der Waals surface area contributed by atoms with Gasteiger partial charge in [0.1, 0.15) is 10.7 Å². The van der Waals surface area contributed by atoms with Crippen LogP contribution in [0.25, 0.3) is 0 Å². The number of pyridine rings is 1. The van der Waals surface area contributed by atoms with E-state index in [9.17, 15) is 8.42 Å². The van der Waals surface area contributed by atoms with Crippen LogP contribution < -0.4 is 5.32 Å². The molecule has 118 valence electrons. The molecule has 0 aromatic carbocycles. The van der Waals surface area contributed by atoms with E-state index in [1.54, 1.807) is 26.4 Å². The summed E-state index contributed by atoms with van der Waals surface area (Å²) >= 11 is 3.28. The predicted octanol–water partition coefficient (Wildman–Crippen LogP) is 1.60. The molecule has 0 amide bonds. The Hall–Kier alpha value is -0.700. The minimum absolute atomic E-state index is 0.197. The third kappa shape index (κ3) is 3.56. The van der Waals surface area contributed by atoms with E-state index in [0.29, 0.717) is 16.8 Å². The van der Waals surface area contributed by atoms with Gasteiger partial charge in [-0.3, -0.25) is 0 Å². The van der Waals surface area contributed by atoms with Crippen LogP contribution in [0.2, 0.25) is 0 Å². The average molecular weight is 377 g/mol. The number of hydrogen-bond acceptors (Lipinski definition) is 5. The average Bonchev–Trinajstić information content (AvgIpc) is 2.84. The number of aromatic nitrogens is 1. The highest BCUT2D eigenvalue weighted by Gasteiger charge is 2.30. The molecule has 8 heteroatoms. The molecule has 1 atom stereocenters. The number of likely N-dealkylation sites (N-methyl/N-ethyl adjacent to an activating group) is 2. The quantitative estimate of drug-likeness (QED) is 0.845. The lowest BCUT2D eigenvalue weighted by molar-refractivity contribution is 0.271. The predicted molar refractivity (Wildman–Crippen MR) is 87.0 cm³/mol. The Morgan fingerprint density at radius 3 is 2.86 bits per heavy atom. The molecule has 1 saturated heterocycles. The van der Waals surface area contributed by atoms with Crippen LogP contribution in [0.5, 0.6) is 0 Å². The lowest BCUT2D eigenvalue weighted by Crippen LogP contribution is -2.39. The van der Waals surface area contributed by atoms with Gasteiger partial charge in [0.05, 0.1) is 0 Å². The van der Waals surface area contributed by atoms with Gasteiger partial charge in [-0.2, -0.15) is 4.31 Å². The molecule has 1 aliphatic rings. The van der Waals surface area contributed by atoms with Crippen LogP contribution in [-0.4, -0.2) is 62.9 Å². The zero-order chi connectivity index (χ0) is 15.6. The first-order chi connectivity index (χ1) is 9.86. The topological polar surface area (TPSA) is 65.5 Å². The van der Waals surface area contributed by atoms with Crippen molar-refractivity contribution in [2.45, 2.75) is 23.8 Å². The number of sulfonamides is 1. The van der Waals surface area contributed by atoms with Crippen molar-refractivity contribution < 1.29 is 8.42 Å². The van der Waals surface area contributed by atoms with E-state index in [4.69, 9.17) is 0 Å². The van der Waals surface area contributed by atoms with E-state index in [0.717, 1.165) is 19.4 Å². The molecule has 0 radical (unpaired) electrons. The molecule has 0 aliphatic carbocycles. The molecule has 1 aliphatic heterocycles. The van der Waals surface area contributed by atoms with Gasteiger partial charge in [0.2, 0.25) is 10.0 Å². The normalized spacial score (nSPS) is 20.1. The van der Waals surface area contributed by atoms with E-state index in [-0.39, 0.29) is 10.9 Å². The second kappa shape index (κ2) is 6.60. The van der Waals surface area contributed by atoms with Crippen LogP contribution in [0.1, 0.15) is 12.8 Å². The number of anilines is 1. The van der Waals surface area contributed by atoms with Gasteiger partial charge in [0.15, 0.2) is 0 Å². The van der Waals surface area contributed by atoms with Crippen molar-refractivity contribution in [3.8, 4) is 0 Å². The standard InChI is InChI=1S/C13H21BrN4O2S/c1-15-13-12(7-10(14)8-16-13)21(19,20)18(3)9-11-5-4-6-17(11)2/h7-8,11H,4-6,9H2,1-3H3,(H,15,16). The van der Waals surface area contributed by atoms with E-state index >= 15 is 0 Å². The third-order valence-corrected chi connectivity index (χ3v) is 6.15. The fraction of sp³-hybridized carbons (Fsp3) is 0.615. The lowest BCUT2D eigenvalue weighted by Gasteiger charge is -2.26. The Bertz CT molecular complexity index is 608. The molecule has 2 heterocycles. The molecule has 0 bridgehead atoms. The maximum atomic E-state index is 12.8. The molecule has 1 fully saturated rings. The molecule has 2 rings (SSSR count). The first-order valence-electron chi connectivity index (χ1n) is 6.86. The molecule has 21 heavy (non-hydrogen) atoms. The number of rotatable bonds is 5. The van der Waals surface area contributed by atoms with Crippen molar-refractivity contribution in [1.82, 2.24) is 14.2 Å². The smallest absolute Gasteiger partial charge is 0.246 e. The van der Waals surface area contributed by atoms with Crippen molar-refractivity contribution in [3.63, 3.8) is 0 Å². The monoisotopic (exact) mass is 376 g/mol. The maximum Gasteiger partial charge on any atom is 0.246 e. The van der Waals surface area contributed by atoms with Crippen molar-refractivity contribution in [3.05, 3.63) is 16.7 Å². The van der Waals surface area contributed by atoms with Gasteiger partial charge in [0, 0.05) is 37.4 Å². The molecule has 0 saturated carbocycles. The molecular formula is C13H21BrN4O2S. The summed E-state index contributed by atoms with van der Waals surface area (Å²) in [7, 11) is 1.77. The van der Waals surface area contributed by atoms with Crippen LogP contribution in [-0.2, 0) is 10.0 Å². The Morgan fingerprint density at radius 2 is 2.29 bits per heavy atom. The van der Waals surface area contributed by atoms with Gasteiger partial charge < -0.3 is 10.2 Å². The zero-order valence-electron chi connectivity index (χ0n) is 12.5. The zero-order valence-corrected chi connectivity index (χ0v) is 14.9. The summed E-state index contributed by atoms with van der Waals surface area (Å²) in [6.07, 6.45) is 3.73. The van der Waals surface area contributed by atoms with Crippen molar-refractivity contribution >= 4 is 31.8 Å². The Kier molecular flexibility index (Phi) is 5.24. The van der Waals surface area contributed by atoms with Crippen LogP contribution in [0, 0.1) is 0 Å². The van der Waals surface area contributed by atoms with E-state index in [2.05, 4.69) is 31.1 Å². The summed E-state index contributed by atoms with van der Waals surface area (Å²) in [5, 5.41) is 2.84. The van der Waals surface area contributed by atoms with Crippen LogP contribution >= 0.6 is 15.9 Å². The minimum Gasteiger partial charge on any atom is -0.372 e. The third-order valence-electron chi connectivity index (χ3n) is 3.88.